The topological polar surface area (TPSA) is 70.5 Å². The molecule has 0 saturated heterocycles. The number of nitrogens with zero attached hydrogens (tertiary/aromatic N) is 2. The Kier molecular flexibility index (Phi) is 4.63. The quantitative estimate of drug-likeness (QED) is 0.839. The first-order valence-electron chi connectivity index (χ1n) is 5.45. The lowest BCUT2D eigenvalue weighted by molar-refractivity contribution is -0.137. The molecule has 0 bridgehead atoms. The van der Waals surface area contributed by atoms with Gasteiger partial charge in [0.15, 0.2) is 0 Å². The smallest absolute Gasteiger partial charge is 0.305 e. The van der Waals surface area contributed by atoms with Gasteiger partial charge in [-0.15, -0.1) is 0 Å². The second-order valence-corrected chi connectivity index (χ2v) is 3.98. The van der Waals surface area contributed by atoms with Crippen molar-refractivity contribution in [3.8, 4) is 0 Å². The van der Waals surface area contributed by atoms with E-state index in [1.54, 1.807) is 18.3 Å². The third-order valence-electron chi connectivity index (χ3n) is 2.36. The van der Waals surface area contributed by atoms with Gasteiger partial charge < -0.3 is 10.0 Å². The van der Waals surface area contributed by atoms with Crippen LogP contribution in [0, 0.1) is 0 Å². The maximum absolute atomic E-state index is 12.1. The van der Waals surface area contributed by atoms with E-state index < -0.39 is 5.97 Å². The first-order valence-corrected chi connectivity index (χ1v) is 5.45. The zero-order chi connectivity index (χ0) is 12.8. The van der Waals surface area contributed by atoms with Crippen molar-refractivity contribution < 1.29 is 14.7 Å². The number of aromatic nitrogens is 1. The Morgan fingerprint density at radius 2 is 2.18 bits per heavy atom. The SMILES string of the molecule is CC(C)N(CCC(=O)O)C(=O)c1cccnc1. The van der Waals surface area contributed by atoms with E-state index in [9.17, 15) is 9.59 Å². The Bertz CT molecular complexity index is 390. The van der Waals surface area contributed by atoms with Gasteiger partial charge in [0.1, 0.15) is 0 Å². The molecule has 0 saturated carbocycles. The molecule has 0 fully saturated rings. The van der Waals surface area contributed by atoms with Crippen LogP contribution in [0.4, 0.5) is 0 Å². The van der Waals surface area contributed by atoms with Gasteiger partial charge in [0.05, 0.1) is 12.0 Å². The Balaban J connectivity index is 2.77. The number of carboxylic acid groups (broad SMARTS) is 1. The van der Waals surface area contributed by atoms with Crippen LogP contribution < -0.4 is 0 Å². The number of pyridine rings is 1. The summed E-state index contributed by atoms with van der Waals surface area (Å²) in [4.78, 5) is 28.0. The molecule has 0 aliphatic rings. The molecule has 0 aromatic carbocycles. The Morgan fingerprint density at radius 1 is 1.47 bits per heavy atom. The molecule has 1 rings (SSSR count). The highest BCUT2D eigenvalue weighted by atomic mass is 16.4. The van der Waals surface area contributed by atoms with Gasteiger partial charge in [-0.2, -0.15) is 0 Å². The molecule has 0 aliphatic heterocycles. The van der Waals surface area contributed by atoms with E-state index in [0.717, 1.165) is 0 Å². The molecule has 1 aromatic heterocycles. The van der Waals surface area contributed by atoms with E-state index >= 15 is 0 Å². The van der Waals surface area contributed by atoms with Crippen LogP contribution in [0.1, 0.15) is 30.6 Å². The minimum absolute atomic E-state index is 0.0398. The number of rotatable bonds is 5. The number of amides is 1. The van der Waals surface area contributed by atoms with Crippen molar-refractivity contribution in [1.29, 1.82) is 0 Å². The molecular formula is C12H16N2O3. The maximum Gasteiger partial charge on any atom is 0.305 e. The number of aliphatic carboxylic acids is 1. The minimum atomic E-state index is -0.908. The average Bonchev–Trinajstić information content (AvgIpc) is 2.29. The first-order chi connectivity index (χ1) is 8.02. The highest BCUT2D eigenvalue weighted by molar-refractivity contribution is 5.94. The third kappa shape index (κ3) is 3.86. The van der Waals surface area contributed by atoms with Gasteiger partial charge in [-0.25, -0.2) is 0 Å². The molecule has 0 aliphatic carbocycles. The minimum Gasteiger partial charge on any atom is -0.481 e. The highest BCUT2D eigenvalue weighted by Crippen LogP contribution is 2.08. The van der Waals surface area contributed by atoms with Gasteiger partial charge in [-0.1, -0.05) is 0 Å². The third-order valence-corrected chi connectivity index (χ3v) is 2.36. The Hall–Kier alpha value is -1.91. The van der Waals surface area contributed by atoms with Crippen LogP contribution >= 0.6 is 0 Å². The lowest BCUT2D eigenvalue weighted by atomic mass is 10.2. The monoisotopic (exact) mass is 236 g/mol. The molecule has 0 spiro atoms. The fraction of sp³-hybridized carbons (Fsp3) is 0.417. The number of carbonyl (C=O) groups is 2. The van der Waals surface area contributed by atoms with Crippen LogP contribution in [0.3, 0.4) is 0 Å². The van der Waals surface area contributed by atoms with Gasteiger partial charge in [0, 0.05) is 25.0 Å². The molecule has 5 heteroatoms. The van der Waals surface area contributed by atoms with Crippen molar-refractivity contribution in [2.75, 3.05) is 6.54 Å². The van der Waals surface area contributed by atoms with Crippen LogP contribution in [0.5, 0.6) is 0 Å². The van der Waals surface area contributed by atoms with Crippen molar-refractivity contribution in [2.24, 2.45) is 0 Å². The molecule has 1 aromatic rings. The molecule has 0 unspecified atom stereocenters. The van der Waals surface area contributed by atoms with Gasteiger partial charge in [0.25, 0.3) is 5.91 Å². The molecule has 1 heterocycles. The molecular weight excluding hydrogens is 220 g/mol. The molecule has 5 nitrogen and oxygen atoms in total. The summed E-state index contributed by atoms with van der Waals surface area (Å²) in [7, 11) is 0. The average molecular weight is 236 g/mol. The van der Waals surface area contributed by atoms with Crippen LogP contribution in [0.15, 0.2) is 24.5 Å². The summed E-state index contributed by atoms with van der Waals surface area (Å²) in [6.45, 7) is 3.92. The van der Waals surface area contributed by atoms with Crippen molar-refractivity contribution in [3.05, 3.63) is 30.1 Å². The molecule has 0 atom stereocenters. The lowest BCUT2D eigenvalue weighted by Crippen LogP contribution is -2.38. The Labute approximate surface area is 100 Å². The number of hydrogen-bond donors (Lipinski definition) is 1. The number of carboxylic acids is 1. The molecule has 17 heavy (non-hydrogen) atoms. The summed E-state index contributed by atoms with van der Waals surface area (Å²) in [5, 5.41) is 8.65. The fourth-order valence-corrected chi connectivity index (χ4v) is 1.47. The van der Waals surface area contributed by atoms with E-state index in [0.29, 0.717) is 5.56 Å². The van der Waals surface area contributed by atoms with Crippen LogP contribution in [0.2, 0.25) is 0 Å². The van der Waals surface area contributed by atoms with Crippen molar-refractivity contribution in [2.45, 2.75) is 26.3 Å². The maximum atomic E-state index is 12.1. The van der Waals surface area contributed by atoms with Crippen molar-refractivity contribution in [3.63, 3.8) is 0 Å². The fourth-order valence-electron chi connectivity index (χ4n) is 1.47. The predicted molar refractivity (Wildman–Crippen MR) is 62.7 cm³/mol. The van der Waals surface area contributed by atoms with Crippen molar-refractivity contribution >= 4 is 11.9 Å². The largest absolute Gasteiger partial charge is 0.481 e. The van der Waals surface area contributed by atoms with E-state index in [4.69, 9.17) is 5.11 Å². The molecule has 92 valence electrons. The van der Waals surface area contributed by atoms with Crippen molar-refractivity contribution in [1.82, 2.24) is 9.88 Å². The summed E-state index contributed by atoms with van der Waals surface area (Å²) in [5.74, 6) is -1.09. The van der Waals surface area contributed by atoms with E-state index in [-0.39, 0.29) is 24.9 Å². The summed E-state index contributed by atoms with van der Waals surface area (Å²) >= 11 is 0. The standard InChI is InChI=1S/C12H16N2O3/c1-9(2)14(7-5-11(15)16)12(17)10-4-3-6-13-8-10/h3-4,6,8-9H,5,7H2,1-2H3,(H,15,16). The van der Waals surface area contributed by atoms with Crippen LogP contribution in [-0.4, -0.2) is 39.5 Å². The van der Waals surface area contributed by atoms with Crippen LogP contribution in [0.25, 0.3) is 0 Å². The summed E-state index contributed by atoms with van der Waals surface area (Å²) < 4.78 is 0. The molecule has 1 amide bonds. The van der Waals surface area contributed by atoms with Gasteiger partial charge in [0.2, 0.25) is 0 Å². The van der Waals surface area contributed by atoms with Crippen LogP contribution in [-0.2, 0) is 4.79 Å². The molecule has 1 N–H and O–H groups in total. The van der Waals surface area contributed by atoms with Gasteiger partial charge in [-0.3, -0.25) is 14.6 Å². The summed E-state index contributed by atoms with van der Waals surface area (Å²) in [6.07, 6.45) is 3.02. The van der Waals surface area contributed by atoms with E-state index in [1.807, 2.05) is 13.8 Å². The Morgan fingerprint density at radius 3 is 2.65 bits per heavy atom. The lowest BCUT2D eigenvalue weighted by Gasteiger charge is -2.26. The normalized spacial score (nSPS) is 10.3. The molecule has 0 radical (unpaired) electrons. The highest BCUT2D eigenvalue weighted by Gasteiger charge is 2.19. The summed E-state index contributed by atoms with van der Waals surface area (Å²) in [6, 6.07) is 3.32. The van der Waals surface area contributed by atoms with E-state index in [1.165, 1.54) is 11.1 Å². The van der Waals surface area contributed by atoms with Gasteiger partial charge in [-0.05, 0) is 26.0 Å². The van der Waals surface area contributed by atoms with Gasteiger partial charge >= 0.3 is 5.97 Å². The van der Waals surface area contributed by atoms with E-state index in [2.05, 4.69) is 4.98 Å². The summed E-state index contributed by atoms with van der Waals surface area (Å²) in [5.41, 5.74) is 0.478. The number of hydrogen-bond acceptors (Lipinski definition) is 3. The second-order valence-electron chi connectivity index (χ2n) is 3.98. The first kappa shape index (κ1) is 13.2. The predicted octanol–water partition coefficient (Wildman–Crippen LogP) is 1.41. The second kappa shape index (κ2) is 5.98. The number of carbonyl (C=O) groups excluding carboxylic acids is 1. The zero-order valence-corrected chi connectivity index (χ0v) is 9.96. The zero-order valence-electron chi connectivity index (χ0n) is 9.96.